The Kier molecular flexibility index (Phi) is 19.6. The Labute approximate surface area is 516 Å². The predicted octanol–water partition coefficient (Wildman–Crippen LogP) is 24.3. The molecule has 16 rings (SSSR count). The third-order valence-corrected chi connectivity index (χ3v) is 15.5. The van der Waals surface area contributed by atoms with Crippen LogP contribution in [-0.2, 0) is 0 Å². The zero-order valence-electron chi connectivity index (χ0n) is 46.0. The number of rotatable bonds is 4. The number of benzene rings is 16. The van der Waals surface area contributed by atoms with Gasteiger partial charge in [-0.05, 0) is 131 Å². The van der Waals surface area contributed by atoms with E-state index in [1.807, 2.05) is 0 Å². The van der Waals surface area contributed by atoms with Crippen molar-refractivity contribution in [1.29, 1.82) is 0 Å². The van der Waals surface area contributed by atoms with Crippen molar-refractivity contribution in [2.24, 2.45) is 0 Å². The lowest BCUT2D eigenvalue weighted by Crippen LogP contribution is -1.83. The number of hydrogen-bond donors (Lipinski definition) is 0. The molecule has 0 aliphatic heterocycles. The third kappa shape index (κ3) is 12.3. The Morgan fingerprint density at radius 2 is 0.190 bits per heavy atom. The lowest BCUT2D eigenvalue weighted by Gasteiger charge is -2.10. The Hall–Kier alpha value is -9.24. The average Bonchev–Trinajstić information content (AvgIpc) is 3.08. The summed E-state index contributed by atoms with van der Waals surface area (Å²) in [4.78, 5) is 0. The Balaban J connectivity index is 0.000000132. The van der Waals surface area contributed by atoms with Crippen LogP contribution in [0.1, 0.15) is 0 Å². The molecule has 0 bridgehead atoms. The zero-order chi connectivity index (χ0) is 53.5. The van der Waals surface area contributed by atoms with Crippen molar-refractivity contribution in [3.63, 3.8) is 0 Å². The molecule has 0 aromatic heterocycles. The highest BCUT2D eigenvalue weighted by Crippen LogP contribution is 2.38. The molecule has 0 radical (unpaired) electrons. The van der Waals surface area contributed by atoms with E-state index in [1.165, 1.54) is 131 Å². The molecule has 0 nitrogen and oxygen atoms in total. The standard InChI is InChI=1S/4C20H14.4ClH/c4*1-3-11-17-15(7-1)9-5-13-19(17)20-14-6-10-16-8-2-4-12-18(16)20;;;;/h4*1-14H;4*1H. The molecule has 16 aromatic carbocycles. The SMILES string of the molecule is Cl.Cl.Cl.Cl.c1ccc2c(-c3cccc4ccccc34)cccc2c1.c1ccc2c(-c3cccc4ccccc34)cccc2c1.c1ccc2c(-c3cccc4ccccc34)cccc2c1.c1ccc2c(-c3cccc4ccccc34)cccc2c1. The van der Waals surface area contributed by atoms with E-state index in [0.717, 1.165) is 0 Å². The maximum absolute atomic E-state index is 2.21. The molecule has 0 amide bonds. The fourth-order valence-corrected chi connectivity index (χ4v) is 11.7. The summed E-state index contributed by atoms with van der Waals surface area (Å²) < 4.78 is 0. The summed E-state index contributed by atoms with van der Waals surface area (Å²) in [6, 6.07) is 121. The van der Waals surface area contributed by atoms with Gasteiger partial charge in [0.25, 0.3) is 0 Å². The molecule has 84 heavy (non-hydrogen) atoms. The van der Waals surface area contributed by atoms with E-state index in [2.05, 4.69) is 340 Å². The van der Waals surface area contributed by atoms with Gasteiger partial charge >= 0.3 is 0 Å². The summed E-state index contributed by atoms with van der Waals surface area (Å²) in [5, 5.41) is 20.8. The van der Waals surface area contributed by atoms with Crippen molar-refractivity contribution < 1.29 is 0 Å². The van der Waals surface area contributed by atoms with E-state index in [4.69, 9.17) is 0 Å². The summed E-state index contributed by atoms with van der Waals surface area (Å²) in [6.07, 6.45) is 0. The van der Waals surface area contributed by atoms with Crippen LogP contribution in [-0.4, -0.2) is 0 Å². The van der Waals surface area contributed by atoms with Gasteiger partial charge < -0.3 is 0 Å². The van der Waals surface area contributed by atoms with Crippen LogP contribution in [0, 0.1) is 0 Å². The summed E-state index contributed by atoms with van der Waals surface area (Å²) in [5.41, 5.74) is 10.4. The van der Waals surface area contributed by atoms with Gasteiger partial charge in [-0.1, -0.05) is 340 Å². The fourth-order valence-electron chi connectivity index (χ4n) is 11.7. The van der Waals surface area contributed by atoms with Crippen molar-refractivity contribution in [2.75, 3.05) is 0 Å². The first-order valence-electron chi connectivity index (χ1n) is 27.6. The molecule has 0 heterocycles. The Morgan fingerprint density at radius 3 is 0.310 bits per heavy atom. The molecule has 0 spiro atoms. The maximum atomic E-state index is 2.21. The summed E-state index contributed by atoms with van der Waals surface area (Å²) in [6.45, 7) is 0. The highest BCUT2D eigenvalue weighted by atomic mass is 35.5. The van der Waals surface area contributed by atoms with Crippen LogP contribution < -0.4 is 0 Å². The van der Waals surface area contributed by atoms with Gasteiger partial charge in [-0.25, -0.2) is 0 Å². The minimum Gasteiger partial charge on any atom is -0.147 e. The Morgan fingerprint density at radius 1 is 0.0952 bits per heavy atom. The maximum Gasteiger partial charge on any atom is -0.00992 e. The molecular formula is C80H60Cl4. The van der Waals surface area contributed by atoms with Crippen LogP contribution in [0.2, 0.25) is 0 Å². The predicted molar refractivity (Wildman–Crippen MR) is 377 cm³/mol. The van der Waals surface area contributed by atoms with E-state index in [-0.39, 0.29) is 49.6 Å². The first-order chi connectivity index (χ1) is 39.7. The largest absolute Gasteiger partial charge is 0.147 e. The third-order valence-electron chi connectivity index (χ3n) is 15.5. The van der Waals surface area contributed by atoms with Crippen LogP contribution in [0.25, 0.3) is 131 Å². The highest BCUT2D eigenvalue weighted by Gasteiger charge is 2.11. The fraction of sp³-hybridized carbons (Fsp3) is 0. The minimum absolute atomic E-state index is 0. The quantitative estimate of drug-likeness (QED) is 0.165. The van der Waals surface area contributed by atoms with Gasteiger partial charge in [0.1, 0.15) is 0 Å². The first-order valence-corrected chi connectivity index (χ1v) is 27.6. The van der Waals surface area contributed by atoms with E-state index >= 15 is 0 Å². The molecule has 0 atom stereocenters. The lowest BCUT2D eigenvalue weighted by molar-refractivity contribution is 1.68. The van der Waals surface area contributed by atoms with Crippen LogP contribution >= 0.6 is 49.6 Å². The second-order valence-electron chi connectivity index (χ2n) is 20.2. The van der Waals surface area contributed by atoms with Gasteiger partial charge in [0.2, 0.25) is 0 Å². The smallest absolute Gasteiger partial charge is 0.00992 e. The molecule has 0 N–H and O–H groups in total. The molecule has 4 heteroatoms. The molecule has 16 aromatic rings. The highest BCUT2D eigenvalue weighted by molar-refractivity contribution is 6.09. The molecule has 0 aliphatic rings. The number of halogens is 4. The van der Waals surface area contributed by atoms with Crippen molar-refractivity contribution in [3.05, 3.63) is 340 Å². The van der Waals surface area contributed by atoms with Crippen LogP contribution in [0.15, 0.2) is 340 Å². The minimum atomic E-state index is 0. The van der Waals surface area contributed by atoms with E-state index < -0.39 is 0 Å². The van der Waals surface area contributed by atoms with Gasteiger partial charge in [0.05, 0.1) is 0 Å². The molecule has 0 saturated heterocycles. The van der Waals surface area contributed by atoms with Crippen LogP contribution in [0.3, 0.4) is 0 Å². The molecule has 0 aliphatic carbocycles. The second kappa shape index (κ2) is 27.7. The van der Waals surface area contributed by atoms with Gasteiger partial charge in [0, 0.05) is 0 Å². The monoisotopic (exact) mass is 1160 g/mol. The average molecular weight is 1160 g/mol. The van der Waals surface area contributed by atoms with Crippen molar-refractivity contribution >= 4 is 136 Å². The second-order valence-corrected chi connectivity index (χ2v) is 20.2. The van der Waals surface area contributed by atoms with Crippen LogP contribution in [0.4, 0.5) is 0 Å². The molecule has 408 valence electrons. The Bertz CT molecular complexity index is 3900. The van der Waals surface area contributed by atoms with E-state index in [9.17, 15) is 0 Å². The van der Waals surface area contributed by atoms with Crippen molar-refractivity contribution in [1.82, 2.24) is 0 Å². The molecular weight excluding hydrogens is 1100 g/mol. The van der Waals surface area contributed by atoms with E-state index in [1.54, 1.807) is 0 Å². The molecule has 0 unspecified atom stereocenters. The first kappa shape index (κ1) is 59.4. The molecule has 0 fully saturated rings. The molecule has 0 saturated carbocycles. The van der Waals surface area contributed by atoms with Crippen molar-refractivity contribution in [2.45, 2.75) is 0 Å². The van der Waals surface area contributed by atoms with Crippen LogP contribution in [0.5, 0.6) is 0 Å². The lowest BCUT2D eigenvalue weighted by atomic mass is 9.94. The van der Waals surface area contributed by atoms with Gasteiger partial charge in [-0.15, -0.1) is 49.6 Å². The number of fused-ring (bicyclic) bond motifs is 8. The van der Waals surface area contributed by atoms with Gasteiger partial charge in [0.15, 0.2) is 0 Å². The van der Waals surface area contributed by atoms with Gasteiger partial charge in [-0.3, -0.25) is 0 Å². The van der Waals surface area contributed by atoms with Gasteiger partial charge in [-0.2, -0.15) is 0 Å². The summed E-state index contributed by atoms with van der Waals surface area (Å²) in [5.74, 6) is 0. The van der Waals surface area contributed by atoms with E-state index in [0.29, 0.717) is 0 Å². The number of hydrogen-bond acceptors (Lipinski definition) is 0. The topological polar surface area (TPSA) is 0 Å². The summed E-state index contributed by atoms with van der Waals surface area (Å²) in [7, 11) is 0. The zero-order valence-corrected chi connectivity index (χ0v) is 49.2. The van der Waals surface area contributed by atoms with Crippen molar-refractivity contribution in [3.8, 4) is 44.5 Å². The normalized spacial score (nSPS) is 10.5. The summed E-state index contributed by atoms with van der Waals surface area (Å²) >= 11 is 0.